The van der Waals surface area contributed by atoms with E-state index in [0.29, 0.717) is 17.2 Å². The molecule has 0 saturated carbocycles. The third kappa shape index (κ3) is 7.39. The van der Waals surface area contributed by atoms with Gasteiger partial charge in [0.2, 0.25) is 10.0 Å². The van der Waals surface area contributed by atoms with Gasteiger partial charge in [-0.15, -0.1) is 25.6 Å². The number of halogens is 1. The van der Waals surface area contributed by atoms with Crippen LogP contribution >= 0.6 is 23.7 Å². The van der Waals surface area contributed by atoms with Crippen molar-refractivity contribution in [2.75, 3.05) is 52.3 Å². The molecule has 0 aliphatic rings. The van der Waals surface area contributed by atoms with E-state index in [-0.39, 0.29) is 36.3 Å². The Morgan fingerprint density at radius 1 is 1.05 bits per heavy atom. The number of aromatic nitrogens is 1. The molecule has 11 heteroatoms. The Morgan fingerprint density at radius 2 is 1.70 bits per heavy atom. The summed E-state index contributed by atoms with van der Waals surface area (Å²) in [6.07, 6.45) is 3.80. The Labute approximate surface area is 229 Å². The molecule has 0 bridgehead atoms. The smallest absolute Gasteiger partial charge is 0.260 e. The van der Waals surface area contributed by atoms with Crippen LogP contribution < -0.4 is 9.64 Å². The molecule has 1 heterocycles. The Morgan fingerprint density at radius 3 is 2.27 bits per heavy atom. The summed E-state index contributed by atoms with van der Waals surface area (Å²) in [6, 6.07) is 11.6. The second kappa shape index (κ2) is 13.7. The van der Waals surface area contributed by atoms with E-state index in [0.717, 1.165) is 28.9 Å². The van der Waals surface area contributed by atoms with Gasteiger partial charge in [0.25, 0.3) is 5.91 Å². The Hall–Kier alpha value is -2.76. The van der Waals surface area contributed by atoms with E-state index in [4.69, 9.17) is 4.74 Å². The number of benzene rings is 2. The maximum atomic E-state index is 13.6. The molecular formula is C26H33ClN4O4S2. The zero-order valence-electron chi connectivity index (χ0n) is 21.3. The average Bonchev–Trinajstić information content (AvgIpc) is 3.29. The summed E-state index contributed by atoms with van der Waals surface area (Å²) in [5.74, 6) is 0.486. The van der Waals surface area contributed by atoms with Gasteiger partial charge in [0.05, 0.1) is 22.2 Å². The number of fused-ring (bicyclic) bond motifs is 1. The number of amides is 1. The number of anilines is 1. The van der Waals surface area contributed by atoms with Gasteiger partial charge >= 0.3 is 0 Å². The summed E-state index contributed by atoms with van der Waals surface area (Å²) >= 11 is 1.42. The van der Waals surface area contributed by atoms with Crippen molar-refractivity contribution in [2.45, 2.75) is 11.3 Å². The quantitative estimate of drug-likeness (QED) is 0.280. The van der Waals surface area contributed by atoms with Crippen molar-refractivity contribution in [1.82, 2.24) is 14.2 Å². The highest BCUT2D eigenvalue weighted by Gasteiger charge is 2.25. The molecule has 37 heavy (non-hydrogen) atoms. The van der Waals surface area contributed by atoms with Crippen LogP contribution in [0.2, 0.25) is 0 Å². The SMILES string of the molecule is C=CCN(CC=C)S(=O)(=O)c1ccc(C(=O)N(CCCN(C)C)c2nc3ccc(OC)cc3s2)cc1.Cl. The molecule has 1 amide bonds. The lowest BCUT2D eigenvalue weighted by atomic mass is 10.2. The van der Waals surface area contributed by atoms with Crippen LogP contribution in [0.15, 0.2) is 72.7 Å². The normalized spacial score (nSPS) is 11.4. The first-order chi connectivity index (χ1) is 17.2. The first-order valence-corrected chi connectivity index (χ1v) is 13.7. The number of hydrogen-bond acceptors (Lipinski definition) is 7. The minimum atomic E-state index is -3.75. The van der Waals surface area contributed by atoms with Crippen molar-refractivity contribution in [3.8, 4) is 5.75 Å². The monoisotopic (exact) mass is 564 g/mol. The average molecular weight is 565 g/mol. The molecule has 0 fully saturated rings. The molecule has 3 rings (SSSR count). The molecule has 0 saturated heterocycles. The first kappa shape index (κ1) is 30.5. The Bertz CT molecular complexity index is 1310. The minimum Gasteiger partial charge on any atom is -0.497 e. The number of rotatable bonds is 13. The second-order valence-corrected chi connectivity index (χ2v) is 11.3. The number of carbonyl (C=O) groups excluding carboxylic acids is 1. The van der Waals surface area contributed by atoms with E-state index in [9.17, 15) is 13.2 Å². The number of sulfonamides is 1. The largest absolute Gasteiger partial charge is 0.497 e. The van der Waals surface area contributed by atoms with E-state index in [1.807, 2.05) is 32.3 Å². The van der Waals surface area contributed by atoms with Crippen LogP contribution in [-0.4, -0.2) is 75.9 Å². The molecule has 1 aromatic heterocycles. The standard InChI is InChI=1S/C26H32N4O4S2.ClH/c1-6-15-29(16-7-2)36(32,33)22-12-9-20(10-13-22)25(31)30(18-8-17-28(3)4)26-27-23-14-11-21(34-5)19-24(23)35-26;/h6-7,9-14,19H,1-2,8,15-18H2,3-5H3;1H. The molecule has 0 aliphatic heterocycles. The predicted molar refractivity (Wildman–Crippen MR) is 154 cm³/mol. The maximum Gasteiger partial charge on any atom is 0.260 e. The van der Waals surface area contributed by atoms with Gasteiger partial charge in [-0.25, -0.2) is 13.4 Å². The van der Waals surface area contributed by atoms with Gasteiger partial charge in [-0.3, -0.25) is 9.69 Å². The van der Waals surface area contributed by atoms with Crippen LogP contribution in [0.3, 0.4) is 0 Å². The third-order valence-corrected chi connectivity index (χ3v) is 8.34. The lowest BCUT2D eigenvalue weighted by Crippen LogP contribution is -2.33. The molecular weight excluding hydrogens is 532 g/mol. The van der Waals surface area contributed by atoms with Crippen molar-refractivity contribution >= 4 is 55.0 Å². The van der Waals surface area contributed by atoms with Gasteiger partial charge in [-0.2, -0.15) is 4.31 Å². The van der Waals surface area contributed by atoms with Crippen LogP contribution in [0.5, 0.6) is 5.75 Å². The molecule has 3 aromatic rings. The summed E-state index contributed by atoms with van der Waals surface area (Å²) in [4.78, 5) is 22.1. The van der Waals surface area contributed by atoms with E-state index < -0.39 is 10.0 Å². The predicted octanol–water partition coefficient (Wildman–Crippen LogP) is 4.69. The maximum absolute atomic E-state index is 13.6. The van der Waals surface area contributed by atoms with Gasteiger partial charge in [0, 0.05) is 25.2 Å². The van der Waals surface area contributed by atoms with E-state index in [2.05, 4.69) is 23.0 Å². The zero-order chi connectivity index (χ0) is 26.3. The minimum absolute atomic E-state index is 0. The summed E-state index contributed by atoms with van der Waals surface area (Å²) in [5, 5.41) is 0.585. The molecule has 0 N–H and O–H groups in total. The van der Waals surface area contributed by atoms with Gasteiger partial charge in [-0.1, -0.05) is 23.5 Å². The third-order valence-electron chi connectivity index (χ3n) is 5.45. The summed E-state index contributed by atoms with van der Waals surface area (Å²) < 4.78 is 33.5. The molecule has 2 aromatic carbocycles. The first-order valence-electron chi connectivity index (χ1n) is 11.4. The molecule has 200 valence electrons. The molecule has 0 atom stereocenters. The van der Waals surface area contributed by atoms with Crippen LogP contribution in [0.4, 0.5) is 5.13 Å². The number of methoxy groups -OCH3 is 1. The van der Waals surface area contributed by atoms with Crippen molar-refractivity contribution in [1.29, 1.82) is 0 Å². The molecule has 0 radical (unpaired) electrons. The highest BCUT2D eigenvalue weighted by atomic mass is 35.5. The number of hydrogen-bond donors (Lipinski definition) is 0. The second-order valence-electron chi connectivity index (χ2n) is 8.37. The van der Waals surface area contributed by atoms with E-state index in [1.165, 1.54) is 39.9 Å². The van der Waals surface area contributed by atoms with Gasteiger partial charge in [0.1, 0.15) is 5.75 Å². The number of ether oxygens (including phenoxy) is 1. The van der Waals surface area contributed by atoms with E-state index >= 15 is 0 Å². The Balaban J connectivity index is 0.00000481. The van der Waals surface area contributed by atoms with Gasteiger partial charge < -0.3 is 9.64 Å². The van der Waals surface area contributed by atoms with Crippen molar-refractivity contribution < 1.29 is 17.9 Å². The highest BCUT2D eigenvalue weighted by molar-refractivity contribution is 7.89. The van der Waals surface area contributed by atoms with Gasteiger partial charge in [0.15, 0.2) is 5.13 Å². The topological polar surface area (TPSA) is 83.1 Å². The van der Waals surface area contributed by atoms with Crippen LogP contribution in [0, 0.1) is 0 Å². The molecule has 0 aliphatic carbocycles. The fourth-order valence-corrected chi connectivity index (χ4v) is 6.00. The number of carbonyl (C=O) groups is 1. The number of nitrogens with zero attached hydrogens (tertiary/aromatic N) is 4. The highest BCUT2D eigenvalue weighted by Crippen LogP contribution is 2.32. The molecule has 0 unspecified atom stereocenters. The van der Waals surface area contributed by atoms with Gasteiger partial charge in [-0.05, 0) is 69.5 Å². The van der Waals surface area contributed by atoms with E-state index in [1.54, 1.807) is 24.1 Å². The molecule has 8 nitrogen and oxygen atoms in total. The number of thiazole rings is 1. The fourth-order valence-electron chi connectivity index (χ4n) is 3.60. The zero-order valence-corrected chi connectivity index (χ0v) is 23.7. The summed E-state index contributed by atoms with van der Waals surface area (Å²) in [5.41, 5.74) is 1.17. The fraction of sp³-hybridized carbons (Fsp3) is 0.308. The van der Waals surface area contributed by atoms with Crippen LogP contribution in [0.25, 0.3) is 10.2 Å². The van der Waals surface area contributed by atoms with Crippen molar-refractivity contribution in [2.24, 2.45) is 0 Å². The van der Waals surface area contributed by atoms with Crippen LogP contribution in [-0.2, 0) is 10.0 Å². The van der Waals surface area contributed by atoms with Crippen LogP contribution in [0.1, 0.15) is 16.8 Å². The lowest BCUT2D eigenvalue weighted by Gasteiger charge is -2.22. The Kier molecular flexibility index (Phi) is 11.3. The lowest BCUT2D eigenvalue weighted by molar-refractivity contribution is 0.0986. The molecule has 0 spiro atoms. The van der Waals surface area contributed by atoms with Crippen molar-refractivity contribution in [3.05, 3.63) is 73.3 Å². The van der Waals surface area contributed by atoms with Crippen molar-refractivity contribution in [3.63, 3.8) is 0 Å². The summed E-state index contributed by atoms with van der Waals surface area (Å²) in [7, 11) is 1.83. The summed E-state index contributed by atoms with van der Waals surface area (Å²) in [6.45, 7) is 8.87.